The van der Waals surface area contributed by atoms with Gasteiger partial charge in [-0.1, -0.05) is 0 Å². The molecule has 0 atom stereocenters. The molecule has 8 nitrogen and oxygen atoms in total. The van der Waals surface area contributed by atoms with Gasteiger partial charge in [0.2, 0.25) is 20.9 Å². The number of hydrogen-bond acceptors (Lipinski definition) is 8. The number of fused-ring (bicyclic) bond motifs is 1. The smallest absolute Gasteiger partial charge is 0.416 e. The molecule has 0 unspecified atom stereocenters. The summed E-state index contributed by atoms with van der Waals surface area (Å²) in [6.07, 6.45) is -0.217. The third kappa shape index (κ3) is 4.58. The minimum Gasteiger partial charge on any atom is -0.439 e. The van der Waals surface area contributed by atoms with Crippen LogP contribution in [0.5, 0.6) is 11.6 Å². The van der Waals surface area contributed by atoms with E-state index < -0.39 is 21.6 Å². The molecule has 0 spiro atoms. The van der Waals surface area contributed by atoms with Gasteiger partial charge in [-0.05, 0) is 36.8 Å². The van der Waals surface area contributed by atoms with Crippen molar-refractivity contribution in [2.24, 2.45) is 0 Å². The lowest BCUT2D eigenvalue weighted by Crippen LogP contribution is -2.32. The van der Waals surface area contributed by atoms with E-state index >= 15 is 0 Å². The molecule has 0 N–H and O–H groups in total. The van der Waals surface area contributed by atoms with Crippen molar-refractivity contribution in [2.45, 2.75) is 24.3 Å². The van der Waals surface area contributed by atoms with Crippen molar-refractivity contribution in [3.05, 3.63) is 59.7 Å². The number of nitrogens with zero attached hydrogens (tertiary/aromatic N) is 5. The van der Waals surface area contributed by atoms with Gasteiger partial charge in [-0.15, -0.1) is 0 Å². The zero-order valence-electron chi connectivity index (χ0n) is 16.2. The lowest BCUT2D eigenvalue weighted by molar-refractivity contribution is -0.137. The van der Waals surface area contributed by atoms with Gasteiger partial charge < -0.3 is 9.64 Å². The number of anilines is 1. The zero-order valence-corrected chi connectivity index (χ0v) is 17.0. The van der Waals surface area contributed by atoms with Crippen LogP contribution in [0.3, 0.4) is 0 Å². The van der Waals surface area contributed by atoms with Crippen molar-refractivity contribution in [2.75, 3.05) is 17.7 Å². The molecular weight excluding hydrogens is 435 g/mol. The largest absolute Gasteiger partial charge is 0.439 e. The molecule has 1 aliphatic rings. The Morgan fingerprint density at radius 2 is 1.81 bits per heavy atom. The quantitative estimate of drug-likeness (QED) is 0.559. The normalized spacial score (nSPS) is 14.3. The van der Waals surface area contributed by atoms with Gasteiger partial charge in [0.1, 0.15) is 17.9 Å². The highest BCUT2D eigenvalue weighted by Gasteiger charge is 2.30. The Morgan fingerprint density at radius 3 is 2.48 bits per heavy atom. The Kier molecular flexibility index (Phi) is 5.25. The average molecular weight is 451 g/mol. The van der Waals surface area contributed by atoms with Crippen molar-refractivity contribution in [3.63, 3.8) is 0 Å². The Labute approximate surface area is 175 Å². The van der Waals surface area contributed by atoms with Crippen LogP contribution in [-0.2, 0) is 29.0 Å². The molecule has 12 heteroatoms. The molecule has 0 radical (unpaired) electrons. The van der Waals surface area contributed by atoms with Crippen LogP contribution in [0.15, 0.2) is 48.0 Å². The van der Waals surface area contributed by atoms with Gasteiger partial charge in [-0.25, -0.2) is 28.4 Å². The van der Waals surface area contributed by atoms with E-state index in [0.717, 1.165) is 24.0 Å². The summed E-state index contributed by atoms with van der Waals surface area (Å²) in [5, 5.41) is -0.259. The van der Waals surface area contributed by atoms with E-state index in [1.54, 1.807) is 6.07 Å². The number of benzene rings is 1. The van der Waals surface area contributed by atoms with Crippen LogP contribution in [-0.4, -0.2) is 41.2 Å². The van der Waals surface area contributed by atoms with Crippen LogP contribution in [0.25, 0.3) is 0 Å². The van der Waals surface area contributed by atoms with Gasteiger partial charge in [-0.3, -0.25) is 0 Å². The van der Waals surface area contributed by atoms with Crippen molar-refractivity contribution in [1.82, 2.24) is 19.9 Å². The summed E-state index contributed by atoms with van der Waals surface area (Å²) in [6, 6.07) is 5.97. The average Bonchev–Trinajstić information content (AvgIpc) is 2.73. The molecule has 31 heavy (non-hydrogen) atoms. The first kappa shape index (κ1) is 21.0. The van der Waals surface area contributed by atoms with Gasteiger partial charge in [0.05, 0.1) is 17.8 Å². The summed E-state index contributed by atoms with van der Waals surface area (Å²) in [7, 11) is -3.54. The third-order valence-electron chi connectivity index (χ3n) is 4.64. The van der Waals surface area contributed by atoms with Crippen LogP contribution in [0.2, 0.25) is 0 Å². The van der Waals surface area contributed by atoms with E-state index in [4.69, 9.17) is 4.74 Å². The molecule has 0 amide bonds. The van der Waals surface area contributed by atoms with E-state index in [0.29, 0.717) is 31.0 Å². The fourth-order valence-corrected chi connectivity index (χ4v) is 3.63. The first-order chi connectivity index (χ1) is 14.6. The maximum absolute atomic E-state index is 12.7. The maximum Gasteiger partial charge on any atom is 0.416 e. The summed E-state index contributed by atoms with van der Waals surface area (Å²) in [6.45, 7) is 0.825. The molecule has 3 aromatic rings. The van der Waals surface area contributed by atoms with Crippen LogP contribution >= 0.6 is 0 Å². The molecular formula is C19H16F3N5O3S. The number of halogens is 3. The maximum atomic E-state index is 12.7. The molecule has 0 aliphatic carbocycles. The van der Waals surface area contributed by atoms with Crippen molar-refractivity contribution in [3.8, 4) is 11.6 Å². The second-order valence-electron chi connectivity index (χ2n) is 6.87. The summed E-state index contributed by atoms with van der Waals surface area (Å²) < 4.78 is 67.3. The number of hydrogen-bond donors (Lipinski definition) is 0. The van der Waals surface area contributed by atoms with Gasteiger partial charge in [0.15, 0.2) is 0 Å². The van der Waals surface area contributed by atoms with Crippen molar-refractivity contribution in [1.29, 1.82) is 0 Å². The number of ether oxygens (including phenoxy) is 1. The molecule has 2 aromatic heterocycles. The van der Waals surface area contributed by atoms with E-state index in [9.17, 15) is 21.6 Å². The number of alkyl halides is 3. The highest BCUT2D eigenvalue weighted by molar-refractivity contribution is 7.90. The summed E-state index contributed by atoms with van der Waals surface area (Å²) in [4.78, 5) is 18.2. The molecule has 4 rings (SSSR count). The second kappa shape index (κ2) is 7.76. The number of rotatable bonds is 4. The zero-order chi connectivity index (χ0) is 22.2. The lowest BCUT2D eigenvalue weighted by atomic mass is 10.1. The van der Waals surface area contributed by atoms with Crippen molar-refractivity contribution < 1.29 is 26.3 Å². The predicted molar refractivity (Wildman–Crippen MR) is 103 cm³/mol. The number of aromatic nitrogens is 4. The predicted octanol–water partition coefficient (Wildman–Crippen LogP) is 3.04. The van der Waals surface area contributed by atoms with Gasteiger partial charge >= 0.3 is 6.18 Å². The third-order valence-corrected chi connectivity index (χ3v) is 5.50. The molecule has 3 heterocycles. The highest BCUT2D eigenvalue weighted by Crippen LogP contribution is 2.33. The molecule has 0 bridgehead atoms. The fourth-order valence-electron chi connectivity index (χ4n) is 3.12. The van der Waals surface area contributed by atoms with Crippen LogP contribution < -0.4 is 9.64 Å². The first-order valence-corrected chi connectivity index (χ1v) is 11.0. The Balaban J connectivity index is 1.56. The molecule has 1 aliphatic heterocycles. The fraction of sp³-hybridized carbons (Fsp3) is 0.263. The number of sulfone groups is 1. The highest BCUT2D eigenvalue weighted by atomic mass is 32.2. The molecule has 1 aromatic carbocycles. The van der Waals surface area contributed by atoms with E-state index in [2.05, 4.69) is 19.9 Å². The van der Waals surface area contributed by atoms with Gasteiger partial charge in [0, 0.05) is 24.6 Å². The van der Waals surface area contributed by atoms with E-state index in [1.807, 2.05) is 4.90 Å². The summed E-state index contributed by atoms with van der Waals surface area (Å²) >= 11 is 0. The van der Waals surface area contributed by atoms with E-state index in [-0.39, 0.29) is 16.8 Å². The molecule has 0 fully saturated rings. The van der Waals surface area contributed by atoms with Crippen LogP contribution in [0, 0.1) is 0 Å². The van der Waals surface area contributed by atoms with Crippen LogP contribution in [0.1, 0.15) is 16.8 Å². The Hall–Kier alpha value is -3.28. The Morgan fingerprint density at radius 1 is 1.06 bits per heavy atom. The second-order valence-corrected chi connectivity index (χ2v) is 8.78. The minimum atomic E-state index is -4.42. The summed E-state index contributed by atoms with van der Waals surface area (Å²) in [5.74, 6) is 0.943. The SMILES string of the molecule is CS(=O)(=O)c1nccc(N2CCc3c(ncnc3Oc3ccc(C(F)(F)F)cc3)C2)n1. The Bertz CT molecular complexity index is 1220. The van der Waals surface area contributed by atoms with E-state index in [1.165, 1.54) is 24.7 Å². The topological polar surface area (TPSA) is 98.2 Å². The standard InChI is InChI=1S/C19H16F3N5O3S/c1-31(28,29)18-23-8-6-16(26-18)27-9-7-14-15(10-27)24-11-25-17(14)30-13-4-2-12(3-5-13)19(20,21)22/h2-6,8,11H,7,9-10H2,1H3. The van der Waals surface area contributed by atoms with Gasteiger partial charge in [0.25, 0.3) is 0 Å². The van der Waals surface area contributed by atoms with Crippen LogP contribution in [0.4, 0.5) is 19.0 Å². The summed E-state index contributed by atoms with van der Waals surface area (Å²) in [5.41, 5.74) is 0.622. The lowest BCUT2D eigenvalue weighted by Gasteiger charge is -2.29. The van der Waals surface area contributed by atoms with Crippen molar-refractivity contribution >= 4 is 15.7 Å². The molecule has 162 valence electrons. The molecule has 0 saturated heterocycles. The minimum absolute atomic E-state index is 0.227. The first-order valence-electron chi connectivity index (χ1n) is 9.07. The molecule has 0 saturated carbocycles. The monoisotopic (exact) mass is 451 g/mol. The van der Waals surface area contributed by atoms with Gasteiger partial charge in [-0.2, -0.15) is 13.2 Å².